The van der Waals surface area contributed by atoms with E-state index in [1.54, 1.807) is 4.99 Å². The van der Waals surface area contributed by atoms with E-state index >= 15 is 0 Å². The van der Waals surface area contributed by atoms with Crippen LogP contribution in [0.4, 0.5) is 0 Å². The Labute approximate surface area is 157 Å². The molecule has 0 N–H and O–H groups in total. The molecule has 0 unspecified atom stereocenters. The molecule has 21 heavy (non-hydrogen) atoms. The molecule has 0 radical (unpaired) electrons. The summed E-state index contributed by atoms with van der Waals surface area (Å²) in [6, 6.07) is 0. The Bertz CT molecular complexity index is 400. The average Bonchev–Trinajstić information content (AvgIpc) is 2.83. The van der Waals surface area contributed by atoms with E-state index in [2.05, 4.69) is 60.4 Å². The zero-order valence-corrected chi connectivity index (χ0v) is 17.4. The predicted octanol–water partition coefficient (Wildman–Crippen LogP) is 5.30. The summed E-state index contributed by atoms with van der Waals surface area (Å²) in [6.07, 6.45) is 5.97. The Morgan fingerprint density at radius 2 is 2.00 bits per heavy atom. The first-order chi connectivity index (χ1) is 10.0. The number of halogens is 4. The van der Waals surface area contributed by atoms with Crippen molar-refractivity contribution in [3.63, 3.8) is 0 Å². The van der Waals surface area contributed by atoms with Crippen molar-refractivity contribution in [2.45, 2.75) is 72.1 Å². The summed E-state index contributed by atoms with van der Waals surface area (Å²) in [5, 5.41) is 0.0647. The molecule has 2 heterocycles. The number of alkyl halides is 3. The number of ether oxygens (including phenoxy) is 2. The lowest BCUT2D eigenvalue weighted by atomic mass is 9.98. The molecule has 2 nitrogen and oxygen atoms in total. The maximum atomic E-state index is 6.54. The molecule has 0 spiro atoms. The van der Waals surface area contributed by atoms with Gasteiger partial charge in [-0.05, 0) is 25.3 Å². The van der Waals surface area contributed by atoms with Gasteiger partial charge in [0, 0.05) is 26.4 Å². The molecule has 0 aromatic rings. The molecule has 0 bridgehead atoms. The Morgan fingerprint density at radius 3 is 2.67 bits per heavy atom. The molecule has 2 saturated heterocycles. The Balaban J connectivity index is 2.11. The summed E-state index contributed by atoms with van der Waals surface area (Å²) in [6.45, 7) is 2.16. The number of fused-ring (bicyclic) bond motifs is 1. The molecule has 6 heteroatoms. The molecule has 0 aliphatic carbocycles. The van der Waals surface area contributed by atoms with Gasteiger partial charge in [0.15, 0.2) is 0 Å². The van der Waals surface area contributed by atoms with Gasteiger partial charge in [-0.15, -0.1) is 17.3 Å². The fraction of sp³-hybridized carbons (Fsp3) is 0.800. The lowest BCUT2D eigenvalue weighted by Crippen LogP contribution is -2.41. The summed E-state index contributed by atoms with van der Waals surface area (Å²) < 4.78 is 12.4. The Kier molecular flexibility index (Phi) is 7.81. The van der Waals surface area contributed by atoms with Crippen molar-refractivity contribution in [2.75, 3.05) is 0 Å². The van der Waals surface area contributed by atoms with Gasteiger partial charge >= 0.3 is 0 Å². The van der Waals surface area contributed by atoms with E-state index in [0.29, 0.717) is 4.83 Å². The zero-order chi connectivity index (χ0) is 15.4. The minimum absolute atomic E-state index is 0.0561. The van der Waals surface area contributed by atoms with Crippen LogP contribution >= 0.6 is 59.4 Å². The number of hydrogen-bond donors (Lipinski definition) is 0. The summed E-state index contributed by atoms with van der Waals surface area (Å²) in [4.78, 5) is 2.31. The van der Waals surface area contributed by atoms with Crippen LogP contribution in [-0.4, -0.2) is 39.4 Å². The van der Waals surface area contributed by atoms with Crippen molar-refractivity contribution in [2.24, 2.45) is 0 Å². The highest BCUT2D eigenvalue weighted by atomic mass is 79.9. The van der Waals surface area contributed by atoms with E-state index in [1.807, 2.05) is 6.08 Å². The van der Waals surface area contributed by atoms with Gasteiger partial charge in [0.05, 0.1) is 24.4 Å². The van der Waals surface area contributed by atoms with Crippen LogP contribution in [0.15, 0.2) is 16.8 Å². The second-order valence-electron chi connectivity index (χ2n) is 5.53. The Morgan fingerprint density at radius 1 is 1.29 bits per heavy atom. The van der Waals surface area contributed by atoms with Crippen LogP contribution in [-0.2, 0) is 9.47 Å². The highest BCUT2D eigenvalue weighted by molar-refractivity contribution is 9.11. The Hall–Kier alpha value is 1.17. The van der Waals surface area contributed by atoms with Crippen molar-refractivity contribution in [3.8, 4) is 0 Å². The fourth-order valence-electron chi connectivity index (χ4n) is 2.87. The normalized spacial score (nSPS) is 41.4. The molecule has 0 aromatic heterocycles. The van der Waals surface area contributed by atoms with E-state index < -0.39 is 0 Å². The van der Waals surface area contributed by atoms with Crippen LogP contribution in [0, 0.1) is 0 Å². The molecule has 0 amide bonds. The first-order valence-electron chi connectivity index (χ1n) is 7.29. The van der Waals surface area contributed by atoms with Gasteiger partial charge in [0.25, 0.3) is 0 Å². The quantitative estimate of drug-likeness (QED) is 0.382. The van der Waals surface area contributed by atoms with Crippen LogP contribution < -0.4 is 0 Å². The van der Waals surface area contributed by atoms with Gasteiger partial charge in [-0.2, -0.15) is 0 Å². The molecule has 2 fully saturated rings. The van der Waals surface area contributed by atoms with Gasteiger partial charge in [0.1, 0.15) is 0 Å². The topological polar surface area (TPSA) is 18.5 Å². The summed E-state index contributed by atoms with van der Waals surface area (Å²) in [5.41, 5.74) is 3.03. The van der Waals surface area contributed by atoms with Gasteiger partial charge in [-0.25, -0.2) is 0 Å². The highest BCUT2D eigenvalue weighted by Crippen LogP contribution is 2.37. The zero-order valence-electron chi connectivity index (χ0n) is 11.9. The number of hydrogen-bond acceptors (Lipinski definition) is 2. The van der Waals surface area contributed by atoms with Crippen LogP contribution in [0.2, 0.25) is 0 Å². The van der Waals surface area contributed by atoms with Crippen molar-refractivity contribution in [3.05, 3.63) is 16.8 Å². The van der Waals surface area contributed by atoms with Gasteiger partial charge in [-0.3, -0.25) is 0 Å². The van der Waals surface area contributed by atoms with Gasteiger partial charge in [-0.1, -0.05) is 54.7 Å². The first kappa shape index (κ1) is 18.5. The van der Waals surface area contributed by atoms with Crippen LogP contribution in [0.3, 0.4) is 0 Å². The van der Waals surface area contributed by atoms with Gasteiger partial charge in [0.2, 0.25) is 0 Å². The maximum Gasteiger partial charge on any atom is 0.0869 e. The lowest BCUT2D eigenvalue weighted by molar-refractivity contribution is -0.0668. The van der Waals surface area contributed by atoms with Crippen molar-refractivity contribution in [1.29, 1.82) is 0 Å². The largest absolute Gasteiger partial charge is 0.371 e. The van der Waals surface area contributed by atoms with Crippen LogP contribution in [0.25, 0.3) is 0 Å². The van der Waals surface area contributed by atoms with Crippen molar-refractivity contribution in [1.82, 2.24) is 0 Å². The third kappa shape index (κ3) is 5.07. The lowest BCUT2D eigenvalue weighted by Gasteiger charge is -2.34. The van der Waals surface area contributed by atoms with E-state index in [0.717, 1.165) is 25.7 Å². The maximum absolute atomic E-state index is 6.54. The molecule has 0 saturated carbocycles. The second kappa shape index (κ2) is 8.86. The third-order valence-electron chi connectivity index (χ3n) is 4.02. The molecule has 2 rings (SSSR count). The monoisotopic (exact) mass is 504 g/mol. The molecule has 2 aliphatic rings. The van der Waals surface area contributed by atoms with Crippen LogP contribution in [0.5, 0.6) is 0 Å². The molecule has 2 aliphatic heterocycles. The van der Waals surface area contributed by atoms with E-state index in [9.17, 15) is 0 Å². The minimum Gasteiger partial charge on any atom is -0.371 e. The molecular weight excluding hydrogens is 487 g/mol. The average molecular weight is 507 g/mol. The summed E-state index contributed by atoms with van der Waals surface area (Å²) >= 11 is 17.2. The number of rotatable bonds is 3. The molecule has 7 atom stereocenters. The minimum atomic E-state index is 0.0561. The second-order valence-corrected chi connectivity index (χ2v) is 8.90. The highest BCUT2D eigenvalue weighted by Gasteiger charge is 2.42. The standard InChI is InChI=1S/C15H20Br3ClO2/c1-2-10(17)13-7-11(18)12(19)8-15-14(21-13)6-9(20-15)4-3-5-16/h4-5,9-15H,2,6-8H2,1H3/t3?,9-,10+,11+,12+,13-,14-,15-/m1/s1. The third-order valence-corrected chi connectivity index (χ3v) is 7.32. The smallest absolute Gasteiger partial charge is 0.0869 e. The van der Waals surface area contributed by atoms with Crippen molar-refractivity contribution < 1.29 is 9.47 Å². The summed E-state index contributed by atoms with van der Waals surface area (Å²) in [5.74, 6) is 0. The van der Waals surface area contributed by atoms with E-state index in [-0.39, 0.29) is 34.6 Å². The molecule has 120 valence electrons. The van der Waals surface area contributed by atoms with Crippen LogP contribution in [0.1, 0.15) is 32.6 Å². The van der Waals surface area contributed by atoms with Crippen molar-refractivity contribution >= 4 is 59.4 Å². The van der Waals surface area contributed by atoms with E-state index in [4.69, 9.17) is 21.1 Å². The molecule has 0 aromatic carbocycles. The summed E-state index contributed by atoms with van der Waals surface area (Å²) in [7, 11) is 0. The molecular formula is C15H20Br3ClO2. The SMILES string of the molecule is CC[C@H](Br)[C@H]1C[C@H](Br)[C@@H](Cl)C[C@H]2O[C@H](C=C=CBr)C[C@H]2O1. The predicted molar refractivity (Wildman–Crippen MR) is 98.1 cm³/mol. The fourth-order valence-corrected chi connectivity index (χ4v) is 4.22. The first-order valence-corrected chi connectivity index (χ1v) is 10.5. The van der Waals surface area contributed by atoms with Gasteiger partial charge < -0.3 is 9.47 Å². The van der Waals surface area contributed by atoms with E-state index in [1.165, 1.54) is 0 Å².